The number of carbonyl (C=O) groups excluding carboxylic acids is 2. The fourth-order valence-corrected chi connectivity index (χ4v) is 2.89. The van der Waals surface area contributed by atoms with Crippen molar-refractivity contribution in [3.63, 3.8) is 0 Å². The summed E-state index contributed by atoms with van der Waals surface area (Å²) >= 11 is 4.15. The highest BCUT2D eigenvalue weighted by Gasteiger charge is 2.16. The largest absolute Gasteiger partial charge is 0.477 e. The number of nitrogens with two attached hydrogens (primary N) is 1. The van der Waals surface area contributed by atoms with Gasteiger partial charge in [0.25, 0.3) is 5.91 Å². The molecule has 0 bridgehead atoms. The number of anilines is 1. The Morgan fingerprint density at radius 3 is 2.37 bits per heavy atom. The predicted octanol–water partition coefficient (Wildman–Crippen LogP) is 3.54. The van der Waals surface area contributed by atoms with E-state index < -0.39 is 17.8 Å². The molecule has 2 heterocycles. The van der Waals surface area contributed by atoms with Crippen LogP contribution in [-0.2, 0) is 0 Å². The molecule has 0 spiro atoms. The molecule has 0 saturated heterocycles. The molecule has 0 unspecified atom stereocenters. The number of carboxylic acids is 1. The number of rotatable bonds is 4. The van der Waals surface area contributed by atoms with Crippen LogP contribution < -0.4 is 11.1 Å². The molecule has 0 aliphatic carbocycles. The molecule has 0 saturated carbocycles. The molecule has 8 nitrogen and oxygen atoms in total. The minimum absolute atomic E-state index is 0.111. The lowest BCUT2D eigenvalue weighted by Crippen LogP contribution is -2.10. The SMILES string of the molecule is Cc1nc(NC(=O)c2ccco2)sc1C(=O)O.NC(=O)c1ccc(Br)cc1. The number of aromatic nitrogens is 1. The normalized spacial score (nSPS) is 9.85. The zero-order chi connectivity index (χ0) is 20.0. The number of carbonyl (C=O) groups is 3. The molecule has 0 aliphatic rings. The number of primary amides is 1. The Hall–Kier alpha value is -2.98. The van der Waals surface area contributed by atoms with Gasteiger partial charge in [0.2, 0.25) is 5.91 Å². The third-order valence-electron chi connectivity index (χ3n) is 3.09. The van der Waals surface area contributed by atoms with Gasteiger partial charge in [-0.05, 0) is 43.3 Å². The highest BCUT2D eigenvalue weighted by Crippen LogP contribution is 2.22. The Labute approximate surface area is 166 Å². The lowest BCUT2D eigenvalue weighted by Gasteiger charge is -1.96. The van der Waals surface area contributed by atoms with Crippen LogP contribution in [0.15, 0.2) is 51.6 Å². The Balaban J connectivity index is 0.000000223. The van der Waals surface area contributed by atoms with Gasteiger partial charge in [0.05, 0.1) is 12.0 Å². The van der Waals surface area contributed by atoms with Crippen molar-refractivity contribution in [2.24, 2.45) is 5.73 Å². The molecule has 3 rings (SSSR count). The third-order valence-corrected chi connectivity index (χ3v) is 4.67. The Bertz CT molecular complexity index is 952. The molecule has 1 aromatic carbocycles. The van der Waals surface area contributed by atoms with Crippen LogP contribution in [-0.4, -0.2) is 27.9 Å². The standard InChI is InChI=1S/C10H8N2O4S.C7H6BrNO/c1-5-7(9(14)15)17-10(11-5)12-8(13)6-3-2-4-16-6;8-6-3-1-5(2-4-6)7(9)10/h2-4H,1H3,(H,14,15)(H,11,12,13);1-4H,(H2,9,10). The number of nitrogens with zero attached hydrogens (tertiary/aromatic N) is 1. The van der Waals surface area contributed by atoms with Crippen molar-refractivity contribution < 1.29 is 23.9 Å². The van der Waals surface area contributed by atoms with Gasteiger partial charge in [-0.2, -0.15) is 0 Å². The van der Waals surface area contributed by atoms with E-state index in [4.69, 9.17) is 15.3 Å². The third kappa shape index (κ3) is 5.76. The topological polar surface area (TPSA) is 136 Å². The van der Waals surface area contributed by atoms with Crippen LogP contribution in [0.4, 0.5) is 5.13 Å². The van der Waals surface area contributed by atoms with E-state index in [1.165, 1.54) is 12.3 Å². The van der Waals surface area contributed by atoms with Crippen molar-refractivity contribution in [3.8, 4) is 0 Å². The number of carboxylic acid groups (broad SMARTS) is 1. The maximum Gasteiger partial charge on any atom is 0.347 e. The second-order valence-corrected chi connectivity index (χ2v) is 6.96. The minimum atomic E-state index is -1.06. The maximum atomic E-state index is 11.6. The van der Waals surface area contributed by atoms with E-state index in [9.17, 15) is 14.4 Å². The lowest BCUT2D eigenvalue weighted by atomic mass is 10.2. The molecule has 3 aromatic rings. The fraction of sp³-hybridized carbons (Fsp3) is 0.0588. The molecule has 0 radical (unpaired) electrons. The molecular formula is C17H14BrN3O5S. The molecule has 27 heavy (non-hydrogen) atoms. The molecule has 2 aromatic heterocycles. The summed E-state index contributed by atoms with van der Waals surface area (Å²) < 4.78 is 5.84. The van der Waals surface area contributed by atoms with Crippen LogP contribution in [0.5, 0.6) is 0 Å². The number of thiazole rings is 1. The maximum absolute atomic E-state index is 11.6. The summed E-state index contributed by atoms with van der Waals surface area (Å²) in [5.74, 6) is -1.76. The first kappa shape index (κ1) is 20.3. The van der Waals surface area contributed by atoms with Gasteiger partial charge in [0.15, 0.2) is 10.9 Å². The van der Waals surface area contributed by atoms with Crippen molar-refractivity contribution in [2.45, 2.75) is 6.92 Å². The number of furan rings is 1. The molecule has 0 fully saturated rings. The average molecular weight is 452 g/mol. The van der Waals surface area contributed by atoms with Gasteiger partial charge in [0, 0.05) is 10.0 Å². The predicted molar refractivity (Wildman–Crippen MR) is 103 cm³/mol. The summed E-state index contributed by atoms with van der Waals surface area (Å²) in [5.41, 5.74) is 5.91. The first-order valence-electron chi connectivity index (χ1n) is 7.39. The van der Waals surface area contributed by atoms with E-state index in [0.717, 1.165) is 15.8 Å². The number of hydrogen-bond acceptors (Lipinski definition) is 6. The van der Waals surface area contributed by atoms with Crippen LogP contribution in [0.25, 0.3) is 0 Å². The van der Waals surface area contributed by atoms with Crippen LogP contribution >= 0.6 is 27.3 Å². The van der Waals surface area contributed by atoms with E-state index in [1.54, 1.807) is 37.3 Å². The summed E-state index contributed by atoms with van der Waals surface area (Å²) in [6.07, 6.45) is 1.38. The molecule has 0 atom stereocenters. The van der Waals surface area contributed by atoms with Gasteiger partial charge in [-0.3, -0.25) is 14.9 Å². The number of amides is 2. The first-order chi connectivity index (χ1) is 12.8. The van der Waals surface area contributed by atoms with Gasteiger partial charge < -0.3 is 15.3 Å². The second-order valence-electron chi connectivity index (χ2n) is 5.04. The molecule has 2 amide bonds. The van der Waals surface area contributed by atoms with Gasteiger partial charge in [0.1, 0.15) is 4.88 Å². The van der Waals surface area contributed by atoms with Crippen molar-refractivity contribution >= 4 is 50.2 Å². The molecule has 140 valence electrons. The van der Waals surface area contributed by atoms with E-state index in [0.29, 0.717) is 11.3 Å². The monoisotopic (exact) mass is 451 g/mol. The van der Waals surface area contributed by atoms with Gasteiger partial charge in [-0.15, -0.1) is 0 Å². The summed E-state index contributed by atoms with van der Waals surface area (Å²) in [6.45, 7) is 1.57. The lowest BCUT2D eigenvalue weighted by molar-refractivity contribution is 0.0700. The summed E-state index contributed by atoms with van der Waals surface area (Å²) in [6, 6.07) is 10.00. The number of benzene rings is 1. The van der Waals surface area contributed by atoms with Gasteiger partial charge in [-0.1, -0.05) is 27.3 Å². The van der Waals surface area contributed by atoms with Crippen molar-refractivity contribution in [3.05, 3.63) is 69.0 Å². The van der Waals surface area contributed by atoms with Crippen LogP contribution in [0.1, 0.15) is 36.3 Å². The van der Waals surface area contributed by atoms with E-state index in [1.807, 2.05) is 0 Å². The van der Waals surface area contributed by atoms with Crippen molar-refractivity contribution in [1.29, 1.82) is 0 Å². The number of aromatic carboxylic acids is 1. The van der Waals surface area contributed by atoms with Crippen molar-refractivity contribution in [2.75, 3.05) is 5.32 Å². The molecule has 0 aliphatic heterocycles. The highest BCUT2D eigenvalue weighted by atomic mass is 79.9. The number of nitrogens with one attached hydrogen (secondary N) is 1. The van der Waals surface area contributed by atoms with E-state index in [2.05, 4.69) is 26.2 Å². The first-order valence-corrected chi connectivity index (χ1v) is 9.00. The number of hydrogen-bond donors (Lipinski definition) is 3. The second kappa shape index (κ2) is 9.10. The zero-order valence-corrected chi connectivity index (χ0v) is 16.3. The smallest absolute Gasteiger partial charge is 0.347 e. The van der Waals surface area contributed by atoms with Gasteiger partial charge >= 0.3 is 5.97 Å². The average Bonchev–Trinajstić information content (AvgIpc) is 3.25. The van der Waals surface area contributed by atoms with Crippen LogP contribution in [0.2, 0.25) is 0 Å². The molecule has 4 N–H and O–H groups in total. The quantitative estimate of drug-likeness (QED) is 0.554. The Kier molecular flexibility index (Phi) is 6.85. The Morgan fingerprint density at radius 2 is 1.89 bits per heavy atom. The highest BCUT2D eigenvalue weighted by molar-refractivity contribution is 9.10. The Morgan fingerprint density at radius 1 is 1.22 bits per heavy atom. The number of halogens is 1. The van der Waals surface area contributed by atoms with Crippen molar-refractivity contribution in [1.82, 2.24) is 4.98 Å². The van der Waals surface area contributed by atoms with Crippen LogP contribution in [0, 0.1) is 6.92 Å². The van der Waals surface area contributed by atoms with E-state index in [-0.39, 0.29) is 15.8 Å². The van der Waals surface area contributed by atoms with Crippen LogP contribution in [0.3, 0.4) is 0 Å². The fourth-order valence-electron chi connectivity index (χ4n) is 1.83. The van der Waals surface area contributed by atoms with E-state index >= 15 is 0 Å². The number of aryl methyl sites for hydroxylation is 1. The summed E-state index contributed by atoms with van der Waals surface area (Å²) in [5, 5.41) is 11.5. The zero-order valence-electron chi connectivity index (χ0n) is 13.9. The molecular weight excluding hydrogens is 438 g/mol. The van der Waals surface area contributed by atoms with Gasteiger partial charge in [-0.25, -0.2) is 9.78 Å². The minimum Gasteiger partial charge on any atom is -0.477 e. The summed E-state index contributed by atoms with van der Waals surface area (Å²) in [4.78, 5) is 36.9. The summed E-state index contributed by atoms with van der Waals surface area (Å²) in [7, 11) is 0. The molecule has 10 heteroatoms.